The molecule has 1 aliphatic rings. The molecule has 1 unspecified atom stereocenters. The number of carboxylic acids is 1. The third-order valence-corrected chi connectivity index (χ3v) is 3.04. The maximum absolute atomic E-state index is 10.9. The third-order valence-electron chi connectivity index (χ3n) is 3.04. The van der Waals surface area contributed by atoms with Gasteiger partial charge >= 0.3 is 5.97 Å². The highest BCUT2D eigenvalue weighted by atomic mass is 16.5. The molecule has 1 N–H and O–H groups in total. The van der Waals surface area contributed by atoms with Crippen molar-refractivity contribution in [2.24, 2.45) is 0 Å². The number of ether oxygens (including phenoxy) is 1. The van der Waals surface area contributed by atoms with E-state index in [1.54, 1.807) is 6.92 Å². The summed E-state index contributed by atoms with van der Waals surface area (Å²) in [7, 11) is 1.89. The first-order valence-corrected chi connectivity index (χ1v) is 5.97. The second-order valence-corrected chi connectivity index (χ2v) is 4.49. The molecule has 0 aliphatic carbocycles. The predicted octanol–water partition coefficient (Wildman–Crippen LogP) is 1.10. The summed E-state index contributed by atoms with van der Waals surface area (Å²) in [6.45, 7) is 3.22. The Balaban J connectivity index is 2.08. The van der Waals surface area contributed by atoms with Gasteiger partial charge in [-0.05, 0) is 19.8 Å². The molecule has 6 heteroatoms. The summed E-state index contributed by atoms with van der Waals surface area (Å²) in [6.07, 6.45) is 3.72. The van der Waals surface area contributed by atoms with Crippen LogP contribution >= 0.6 is 0 Å². The van der Waals surface area contributed by atoms with Gasteiger partial charge < -0.3 is 14.7 Å². The smallest absolute Gasteiger partial charge is 0.339 e. The Hall–Kier alpha value is -1.69. The molecule has 6 nitrogen and oxygen atoms in total. The number of hydrogen-bond donors (Lipinski definition) is 1. The molecule has 0 saturated carbocycles. The molecule has 2 rings (SSSR count). The minimum Gasteiger partial charge on any atom is -0.478 e. The summed E-state index contributed by atoms with van der Waals surface area (Å²) in [5, 5.41) is 8.91. The van der Waals surface area contributed by atoms with E-state index in [0.29, 0.717) is 11.6 Å². The van der Waals surface area contributed by atoms with Crippen molar-refractivity contribution in [1.82, 2.24) is 9.97 Å². The van der Waals surface area contributed by atoms with E-state index in [4.69, 9.17) is 9.84 Å². The zero-order chi connectivity index (χ0) is 13.1. The first-order chi connectivity index (χ1) is 8.58. The average molecular weight is 251 g/mol. The fourth-order valence-electron chi connectivity index (χ4n) is 2.02. The third kappa shape index (κ3) is 2.76. The maximum atomic E-state index is 10.9. The Morgan fingerprint density at radius 3 is 3.00 bits per heavy atom. The Morgan fingerprint density at radius 1 is 1.67 bits per heavy atom. The van der Waals surface area contributed by atoms with Gasteiger partial charge in [0.05, 0.1) is 17.4 Å². The van der Waals surface area contributed by atoms with Crippen molar-refractivity contribution in [1.29, 1.82) is 0 Å². The normalized spacial score (nSPS) is 18.9. The standard InChI is InChI=1S/C12H17N3O3/c1-8-10(11(16)17)6-13-12(14-8)15(2)7-9-4-3-5-18-9/h6,9H,3-5,7H2,1-2H3,(H,16,17). The fraction of sp³-hybridized carbons (Fsp3) is 0.583. The summed E-state index contributed by atoms with van der Waals surface area (Å²) in [6, 6.07) is 0. The van der Waals surface area contributed by atoms with E-state index >= 15 is 0 Å². The molecule has 1 aliphatic heterocycles. The van der Waals surface area contributed by atoms with Crippen molar-refractivity contribution in [2.75, 3.05) is 25.1 Å². The first kappa shape index (κ1) is 12.8. The number of anilines is 1. The second-order valence-electron chi connectivity index (χ2n) is 4.49. The minimum absolute atomic E-state index is 0.143. The van der Waals surface area contributed by atoms with E-state index in [1.807, 2.05) is 11.9 Å². The van der Waals surface area contributed by atoms with Crippen LogP contribution in [-0.2, 0) is 4.74 Å². The number of hydrogen-bond acceptors (Lipinski definition) is 5. The summed E-state index contributed by atoms with van der Waals surface area (Å²) in [4.78, 5) is 21.1. The van der Waals surface area contributed by atoms with Gasteiger partial charge in [0.15, 0.2) is 0 Å². The van der Waals surface area contributed by atoms with Crippen LogP contribution in [0.2, 0.25) is 0 Å². The summed E-state index contributed by atoms with van der Waals surface area (Å²) in [5.74, 6) is -0.464. The molecule has 18 heavy (non-hydrogen) atoms. The number of carbonyl (C=O) groups is 1. The highest BCUT2D eigenvalue weighted by Crippen LogP contribution is 2.16. The van der Waals surface area contributed by atoms with Crippen molar-refractivity contribution in [3.63, 3.8) is 0 Å². The van der Waals surface area contributed by atoms with Crippen LogP contribution in [0.5, 0.6) is 0 Å². The van der Waals surface area contributed by atoms with Crippen LogP contribution in [-0.4, -0.2) is 47.3 Å². The van der Waals surface area contributed by atoms with Gasteiger partial charge in [-0.25, -0.2) is 14.8 Å². The Kier molecular flexibility index (Phi) is 3.76. The first-order valence-electron chi connectivity index (χ1n) is 5.97. The Morgan fingerprint density at radius 2 is 2.44 bits per heavy atom. The van der Waals surface area contributed by atoms with Crippen molar-refractivity contribution in [2.45, 2.75) is 25.9 Å². The van der Waals surface area contributed by atoms with Crippen molar-refractivity contribution in [3.05, 3.63) is 17.5 Å². The van der Waals surface area contributed by atoms with E-state index < -0.39 is 5.97 Å². The lowest BCUT2D eigenvalue weighted by atomic mass is 10.2. The van der Waals surface area contributed by atoms with Crippen LogP contribution < -0.4 is 4.90 Å². The minimum atomic E-state index is -0.999. The number of carboxylic acid groups (broad SMARTS) is 1. The number of aryl methyl sites for hydroxylation is 1. The largest absolute Gasteiger partial charge is 0.478 e. The summed E-state index contributed by atoms with van der Waals surface area (Å²) < 4.78 is 5.55. The zero-order valence-corrected chi connectivity index (χ0v) is 10.6. The van der Waals surface area contributed by atoms with Gasteiger partial charge in [-0.3, -0.25) is 0 Å². The number of aromatic carboxylic acids is 1. The highest BCUT2D eigenvalue weighted by molar-refractivity contribution is 5.88. The van der Waals surface area contributed by atoms with Crippen molar-refractivity contribution in [3.8, 4) is 0 Å². The highest BCUT2D eigenvalue weighted by Gasteiger charge is 2.19. The molecule has 98 valence electrons. The van der Waals surface area contributed by atoms with E-state index in [-0.39, 0.29) is 11.7 Å². The monoisotopic (exact) mass is 251 g/mol. The molecule has 1 aromatic rings. The second kappa shape index (κ2) is 5.30. The van der Waals surface area contributed by atoms with Crippen LogP contribution in [0.3, 0.4) is 0 Å². The average Bonchev–Trinajstić information content (AvgIpc) is 2.81. The molecular weight excluding hydrogens is 234 g/mol. The number of aromatic nitrogens is 2. The van der Waals surface area contributed by atoms with Crippen molar-refractivity contribution >= 4 is 11.9 Å². The van der Waals surface area contributed by atoms with E-state index in [2.05, 4.69) is 9.97 Å². The lowest BCUT2D eigenvalue weighted by Crippen LogP contribution is -2.30. The molecule has 1 aromatic heterocycles. The fourth-order valence-corrected chi connectivity index (χ4v) is 2.02. The van der Waals surface area contributed by atoms with E-state index in [1.165, 1.54) is 6.20 Å². The van der Waals surface area contributed by atoms with Crippen LogP contribution in [0.4, 0.5) is 5.95 Å². The Labute approximate surface area is 106 Å². The van der Waals surface area contributed by atoms with Gasteiger partial charge in [-0.1, -0.05) is 0 Å². The number of nitrogens with zero attached hydrogens (tertiary/aromatic N) is 3. The van der Waals surface area contributed by atoms with Gasteiger partial charge in [-0.2, -0.15) is 0 Å². The van der Waals surface area contributed by atoms with E-state index in [0.717, 1.165) is 26.0 Å². The van der Waals surface area contributed by atoms with E-state index in [9.17, 15) is 4.79 Å². The number of likely N-dealkylation sites (N-methyl/N-ethyl adjacent to an activating group) is 1. The molecule has 0 radical (unpaired) electrons. The molecule has 0 amide bonds. The van der Waals surface area contributed by atoms with Crippen LogP contribution in [0.25, 0.3) is 0 Å². The van der Waals surface area contributed by atoms with Crippen molar-refractivity contribution < 1.29 is 14.6 Å². The molecular formula is C12H17N3O3. The molecule has 0 aromatic carbocycles. The van der Waals surface area contributed by atoms with Crippen LogP contribution in [0, 0.1) is 6.92 Å². The summed E-state index contributed by atoms with van der Waals surface area (Å²) >= 11 is 0. The molecule has 2 heterocycles. The van der Waals surface area contributed by atoms with Gasteiger partial charge in [0.1, 0.15) is 0 Å². The van der Waals surface area contributed by atoms with Crippen LogP contribution in [0.1, 0.15) is 28.9 Å². The van der Waals surface area contributed by atoms with Gasteiger partial charge in [-0.15, -0.1) is 0 Å². The lowest BCUT2D eigenvalue weighted by Gasteiger charge is -2.21. The lowest BCUT2D eigenvalue weighted by molar-refractivity contribution is 0.0695. The quantitative estimate of drug-likeness (QED) is 0.863. The predicted molar refractivity (Wildman–Crippen MR) is 66.0 cm³/mol. The maximum Gasteiger partial charge on any atom is 0.339 e. The number of rotatable bonds is 4. The zero-order valence-electron chi connectivity index (χ0n) is 10.6. The molecule has 1 atom stereocenters. The molecule has 1 saturated heterocycles. The Bertz CT molecular complexity index is 444. The SMILES string of the molecule is Cc1nc(N(C)CC2CCCO2)ncc1C(=O)O. The summed E-state index contributed by atoms with van der Waals surface area (Å²) in [5.41, 5.74) is 0.621. The molecule has 0 spiro atoms. The van der Waals surface area contributed by atoms with Crippen LogP contribution in [0.15, 0.2) is 6.20 Å². The molecule has 0 bridgehead atoms. The van der Waals surface area contributed by atoms with Gasteiger partial charge in [0.2, 0.25) is 5.95 Å². The topological polar surface area (TPSA) is 75.5 Å². The van der Waals surface area contributed by atoms with Gasteiger partial charge in [0.25, 0.3) is 0 Å². The van der Waals surface area contributed by atoms with Gasteiger partial charge in [0, 0.05) is 26.4 Å². The molecule has 1 fully saturated rings.